The number of benzene rings is 3. The van der Waals surface area contributed by atoms with Gasteiger partial charge in [-0.1, -0.05) is 43.7 Å². The lowest BCUT2D eigenvalue weighted by atomic mass is 9.84. The minimum atomic E-state index is -0.937. The van der Waals surface area contributed by atoms with E-state index in [1.807, 2.05) is 18.3 Å². The third-order valence-corrected chi connectivity index (χ3v) is 6.39. The average molecular weight is 454 g/mol. The molecular weight excluding hydrogens is 426 g/mol. The van der Waals surface area contributed by atoms with Crippen LogP contribution in [0.25, 0.3) is 38.6 Å². The van der Waals surface area contributed by atoms with Crippen molar-refractivity contribution in [1.29, 1.82) is 0 Å². The highest BCUT2D eigenvalue weighted by Gasteiger charge is 2.32. The molecule has 0 aliphatic carbocycles. The number of aromatic nitrogens is 3. The Morgan fingerprint density at radius 3 is 2.44 bits per heavy atom. The number of H-pyrrole nitrogens is 1. The van der Waals surface area contributed by atoms with E-state index in [0.29, 0.717) is 6.61 Å². The van der Waals surface area contributed by atoms with Gasteiger partial charge in [-0.2, -0.15) is 5.10 Å². The van der Waals surface area contributed by atoms with Crippen molar-refractivity contribution in [2.24, 2.45) is 0 Å². The maximum absolute atomic E-state index is 11.5. The zero-order valence-electron chi connectivity index (χ0n) is 19.7. The number of rotatable bonds is 6. The van der Waals surface area contributed by atoms with E-state index in [1.165, 1.54) is 5.56 Å². The van der Waals surface area contributed by atoms with E-state index < -0.39 is 5.97 Å². The van der Waals surface area contributed by atoms with Gasteiger partial charge in [0.15, 0.2) is 0 Å². The first-order chi connectivity index (χ1) is 16.3. The molecule has 6 nitrogen and oxygen atoms in total. The summed E-state index contributed by atoms with van der Waals surface area (Å²) in [6.45, 7) is 6.96. The minimum absolute atomic E-state index is 0.264. The van der Waals surface area contributed by atoms with Crippen molar-refractivity contribution in [3.05, 3.63) is 83.7 Å². The van der Waals surface area contributed by atoms with Gasteiger partial charge >= 0.3 is 5.97 Å². The van der Waals surface area contributed by atoms with Gasteiger partial charge in [-0.15, -0.1) is 0 Å². The lowest BCUT2D eigenvalue weighted by Crippen LogP contribution is -2.27. The number of ether oxygens (including phenoxy) is 1. The Balaban J connectivity index is 1.93. The van der Waals surface area contributed by atoms with Crippen molar-refractivity contribution in [3.63, 3.8) is 0 Å². The van der Waals surface area contributed by atoms with Crippen molar-refractivity contribution in [2.75, 3.05) is 13.7 Å². The average Bonchev–Trinajstić information content (AvgIpc) is 3.40. The third kappa shape index (κ3) is 3.56. The summed E-state index contributed by atoms with van der Waals surface area (Å²) in [6.07, 6.45) is 1.84. The van der Waals surface area contributed by atoms with Crippen molar-refractivity contribution in [2.45, 2.75) is 26.2 Å². The van der Waals surface area contributed by atoms with Gasteiger partial charge < -0.3 is 14.4 Å². The monoisotopic (exact) mass is 453 g/mol. The fourth-order valence-electron chi connectivity index (χ4n) is 4.83. The van der Waals surface area contributed by atoms with Gasteiger partial charge in [-0.05, 0) is 48.9 Å². The smallest absolute Gasteiger partial charge is 0.335 e. The summed E-state index contributed by atoms with van der Waals surface area (Å²) >= 11 is 0. The number of aromatic amines is 1. The molecule has 6 heteroatoms. The van der Waals surface area contributed by atoms with Crippen molar-refractivity contribution < 1.29 is 14.6 Å². The molecule has 0 radical (unpaired) electrons. The lowest BCUT2D eigenvalue weighted by Gasteiger charge is -2.28. The Morgan fingerprint density at radius 2 is 1.79 bits per heavy atom. The summed E-state index contributed by atoms with van der Waals surface area (Å²) in [5, 5.41) is 18.8. The molecule has 2 N–H and O–H groups in total. The van der Waals surface area contributed by atoms with E-state index in [4.69, 9.17) is 4.74 Å². The van der Waals surface area contributed by atoms with E-state index in [9.17, 15) is 9.90 Å². The van der Waals surface area contributed by atoms with Crippen LogP contribution in [0.1, 0.15) is 35.5 Å². The zero-order valence-corrected chi connectivity index (χ0v) is 19.7. The highest BCUT2D eigenvalue weighted by atomic mass is 16.5. The summed E-state index contributed by atoms with van der Waals surface area (Å²) in [4.78, 5) is 11.5. The van der Waals surface area contributed by atoms with Crippen LogP contribution in [0.2, 0.25) is 0 Å². The molecule has 0 aliphatic rings. The van der Waals surface area contributed by atoms with Gasteiger partial charge in [-0.25, -0.2) is 4.79 Å². The number of aromatic carboxylic acids is 1. The molecule has 0 aliphatic heterocycles. The van der Waals surface area contributed by atoms with Gasteiger partial charge in [0.25, 0.3) is 0 Å². The molecule has 34 heavy (non-hydrogen) atoms. The van der Waals surface area contributed by atoms with Crippen molar-refractivity contribution in [1.82, 2.24) is 14.8 Å². The standard InChI is InChI=1S/C28H27N3O3/c1-17-5-11-21(12-6-17)31-24-13-20-15-29-30-23(20)14-22(24)25(26(31)28(2,3)16-34-4)18-7-9-19(10-8-18)27(32)33/h5-15H,16H2,1-4H3,(H,29,30)(H,32,33). The van der Waals surface area contributed by atoms with Crippen LogP contribution < -0.4 is 0 Å². The van der Waals surface area contributed by atoms with E-state index in [0.717, 1.165) is 44.3 Å². The third-order valence-electron chi connectivity index (χ3n) is 6.39. The summed E-state index contributed by atoms with van der Waals surface area (Å²) in [7, 11) is 1.72. The van der Waals surface area contributed by atoms with Crippen LogP contribution in [0.5, 0.6) is 0 Å². The number of hydrogen-bond donors (Lipinski definition) is 2. The van der Waals surface area contributed by atoms with Crippen LogP contribution in [-0.2, 0) is 10.2 Å². The predicted molar refractivity (Wildman–Crippen MR) is 135 cm³/mol. The van der Waals surface area contributed by atoms with Crippen LogP contribution >= 0.6 is 0 Å². The lowest BCUT2D eigenvalue weighted by molar-refractivity contribution is 0.0697. The topological polar surface area (TPSA) is 80.1 Å². The van der Waals surface area contributed by atoms with E-state index in [1.54, 1.807) is 19.2 Å². The normalized spacial score (nSPS) is 12.0. The molecule has 5 rings (SSSR count). The van der Waals surface area contributed by atoms with Crippen molar-refractivity contribution >= 4 is 27.8 Å². The van der Waals surface area contributed by atoms with Gasteiger partial charge in [0.05, 0.1) is 29.4 Å². The quantitative estimate of drug-likeness (QED) is 0.325. The zero-order chi connectivity index (χ0) is 24.0. The second kappa shape index (κ2) is 8.15. The second-order valence-corrected chi connectivity index (χ2v) is 9.42. The maximum Gasteiger partial charge on any atom is 0.335 e. The van der Waals surface area contributed by atoms with Crippen LogP contribution in [-0.4, -0.2) is 39.6 Å². The van der Waals surface area contributed by atoms with Crippen LogP contribution in [0, 0.1) is 6.92 Å². The molecule has 172 valence electrons. The Bertz CT molecular complexity index is 1510. The summed E-state index contributed by atoms with van der Waals surface area (Å²) in [5.41, 5.74) is 7.32. The van der Waals surface area contributed by atoms with Crippen molar-refractivity contribution in [3.8, 4) is 16.8 Å². The first kappa shape index (κ1) is 21.9. The first-order valence-electron chi connectivity index (χ1n) is 11.2. The summed E-state index contributed by atoms with van der Waals surface area (Å²) in [5.74, 6) is -0.937. The van der Waals surface area contributed by atoms with Gasteiger partial charge in [0.2, 0.25) is 0 Å². The molecule has 0 amide bonds. The highest BCUT2D eigenvalue weighted by Crippen LogP contribution is 2.44. The number of aryl methyl sites for hydroxylation is 1. The highest BCUT2D eigenvalue weighted by molar-refractivity contribution is 6.06. The molecule has 3 aromatic carbocycles. The molecule has 5 aromatic rings. The number of carboxylic acid groups (broad SMARTS) is 1. The molecule has 0 bridgehead atoms. The molecule has 0 saturated heterocycles. The molecule has 0 spiro atoms. The number of nitrogens with zero attached hydrogens (tertiary/aromatic N) is 2. The Hall–Kier alpha value is -3.90. The number of nitrogens with one attached hydrogen (secondary N) is 1. The largest absolute Gasteiger partial charge is 0.478 e. The molecule has 0 fully saturated rings. The fraction of sp³-hybridized carbons (Fsp3) is 0.214. The van der Waals surface area contributed by atoms with Crippen LogP contribution in [0.3, 0.4) is 0 Å². The summed E-state index contributed by atoms with van der Waals surface area (Å²) in [6, 6.07) is 19.9. The number of hydrogen-bond acceptors (Lipinski definition) is 3. The number of carbonyl (C=O) groups is 1. The Kier molecular flexibility index (Phi) is 5.25. The van der Waals surface area contributed by atoms with Crippen LogP contribution in [0.4, 0.5) is 0 Å². The molecule has 0 atom stereocenters. The number of fused-ring (bicyclic) bond motifs is 2. The Labute approximate surface area is 197 Å². The molecule has 0 saturated carbocycles. The predicted octanol–water partition coefficient (Wildman–Crippen LogP) is 6.10. The van der Waals surface area contributed by atoms with Gasteiger partial charge in [0.1, 0.15) is 0 Å². The van der Waals surface area contributed by atoms with E-state index >= 15 is 0 Å². The van der Waals surface area contributed by atoms with E-state index in [-0.39, 0.29) is 11.0 Å². The molecular formula is C28H27N3O3. The fourth-order valence-corrected chi connectivity index (χ4v) is 4.83. The van der Waals surface area contributed by atoms with Gasteiger partial charge in [-0.3, -0.25) is 5.10 Å². The van der Waals surface area contributed by atoms with E-state index in [2.05, 4.69) is 71.9 Å². The molecule has 0 unspecified atom stereocenters. The minimum Gasteiger partial charge on any atom is -0.478 e. The maximum atomic E-state index is 11.5. The summed E-state index contributed by atoms with van der Waals surface area (Å²) < 4.78 is 7.97. The second-order valence-electron chi connectivity index (χ2n) is 9.42. The van der Waals surface area contributed by atoms with Crippen LogP contribution in [0.15, 0.2) is 66.9 Å². The Morgan fingerprint density at radius 1 is 1.09 bits per heavy atom. The molecule has 2 aromatic heterocycles. The SMILES string of the molecule is COCC(C)(C)c1c(-c2ccc(C(=O)O)cc2)c2cc3[nH]ncc3cc2n1-c1ccc(C)cc1. The number of methoxy groups -OCH3 is 1. The molecule has 2 heterocycles. The first-order valence-corrected chi connectivity index (χ1v) is 11.2. The number of carboxylic acids is 1. The van der Waals surface area contributed by atoms with Gasteiger partial charge in [0, 0.05) is 40.2 Å².